The molecule has 15 heavy (non-hydrogen) atoms. The predicted molar refractivity (Wildman–Crippen MR) is 59.0 cm³/mol. The molecule has 0 aliphatic rings. The molecule has 0 radical (unpaired) electrons. The fourth-order valence-corrected chi connectivity index (χ4v) is 1.59. The lowest BCUT2D eigenvalue weighted by Gasteiger charge is -2.03. The van der Waals surface area contributed by atoms with E-state index in [0.717, 1.165) is 22.7 Å². The summed E-state index contributed by atoms with van der Waals surface area (Å²) < 4.78 is 1.97. The molecule has 0 aliphatic heterocycles. The lowest BCUT2D eigenvalue weighted by atomic mass is 10.3. The number of anilines is 1. The molecule has 0 spiro atoms. The van der Waals surface area contributed by atoms with Crippen LogP contribution in [0, 0.1) is 13.8 Å². The van der Waals surface area contributed by atoms with Crippen molar-refractivity contribution in [1.29, 1.82) is 0 Å². The van der Waals surface area contributed by atoms with Gasteiger partial charge in [0.25, 0.3) is 0 Å². The number of nitrogens with one attached hydrogen (secondary N) is 1. The number of hydrogen-bond acceptors (Lipinski definition) is 2. The van der Waals surface area contributed by atoms with E-state index in [4.69, 9.17) is 0 Å². The largest absolute Gasteiger partial charge is 0.323 e. The van der Waals surface area contributed by atoms with Crippen molar-refractivity contribution < 1.29 is 4.79 Å². The Morgan fingerprint density at radius 3 is 2.87 bits per heavy atom. The minimum Gasteiger partial charge on any atom is -0.323 e. The van der Waals surface area contributed by atoms with Crippen LogP contribution >= 0.6 is 0 Å². The van der Waals surface area contributed by atoms with E-state index in [2.05, 4.69) is 10.3 Å². The van der Waals surface area contributed by atoms with Gasteiger partial charge < -0.3 is 9.72 Å². The second kappa shape index (κ2) is 3.38. The molecule has 0 fully saturated rings. The van der Waals surface area contributed by atoms with Gasteiger partial charge in [-0.3, -0.25) is 4.79 Å². The molecular weight excluding hydrogens is 190 g/mol. The third-order valence-corrected chi connectivity index (χ3v) is 2.44. The molecule has 1 amide bonds. The van der Waals surface area contributed by atoms with Crippen LogP contribution in [0.3, 0.4) is 0 Å². The molecule has 0 aliphatic carbocycles. The van der Waals surface area contributed by atoms with E-state index < -0.39 is 0 Å². The van der Waals surface area contributed by atoms with Crippen molar-refractivity contribution in [3.05, 3.63) is 29.7 Å². The number of nitrogens with zero attached hydrogens (tertiary/aromatic N) is 2. The van der Waals surface area contributed by atoms with Gasteiger partial charge in [0, 0.05) is 18.8 Å². The van der Waals surface area contributed by atoms with Gasteiger partial charge >= 0.3 is 0 Å². The van der Waals surface area contributed by atoms with Crippen molar-refractivity contribution in [3.63, 3.8) is 0 Å². The Bertz CT molecular complexity index is 528. The molecule has 2 aromatic rings. The lowest BCUT2D eigenvalue weighted by molar-refractivity contribution is -0.114. The maximum atomic E-state index is 11.0. The first-order valence-electron chi connectivity index (χ1n) is 4.81. The smallest absolute Gasteiger partial charge is 0.221 e. The zero-order chi connectivity index (χ0) is 11.0. The molecule has 2 heterocycles. The van der Waals surface area contributed by atoms with Crippen LogP contribution in [-0.4, -0.2) is 15.3 Å². The number of carbonyl (C=O) groups excluding carboxylic acids is 1. The normalized spacial score (nSPS) is 10.6. The minimum absolute atomic E-state index is 0.0820. The summed E-state index contributed by atoms with van der Waals surface area (Å²) in [5.41, 5.74) is 3.62. The van der Waals surface area contributed by atoms with Gasteiger partial charge in [-0.1, -0.05) is 0 Å². The van der Waals surface area contributed by atoms with Crippen LogP contribution in [0.15, 0.2) is 18.3 Å². The number of imidazole rings is 1. The summed E-state index contributed by atoms with van der Waals surface area (Å²) in [4.78, 5) is 15.4. The highest BCUT2D eigenvalue weighted by molar-refractivity contribution is 5.92. The lowest BCUT2D eigenvalue weighted by Crippen LogP contribution is -2.07. The quantitative estimate of drug-likeness (QED) is 0.769. The van der Waals surface area contributed by atoms with Gasteiger partial charge in [-0.05, 0) is 26.0 Å². The summed E-state index contributed by atoms with van der Waals surface area (Å²) in [5, 5.41) is 2.77. The molecule has 0 aromatic carbocycles. The van der Waals surface area contributed by atoms with Crippen LogP contribution in [0.25, 0.3) is 5.65 Å². The minimum atomic E-state index is -0.0820. The molecule has 4 nitrogen and oxygen atoms in total. The van der Waals surface area contributed by atoms with E-state index in [1.165, 1.54) is 6.92 Å². The first kappa shape index (κ1) is 9.71. The first-order valence-corrected chi connectivity index (χ1v) is 4.81. The maximum absolute atomic E-state index is 11.0. The Hall–Kier alpha value is -1.84. The Morgan fingerprint density at radius 1 is 1.47 bits per heavy atom. The van der Waals surface area contributed by atoms with Gasteiger partial charge in [0.15, 0.2) is 5.65 Å². The zero-order valence-corrected chi connectivity index (χ0v) is 9.03. The van der Waals surface area contributed by atoms with Gasteiger partial charge in [0.2, 0.25) is 5.91 Å². The van der Waals surface area contributed by atoms with Crippen LogP contribution in [0.4, 0.5) is 5.69 Å². The molecule has 2 aromatic heterocycles. The van der Waals surface area contributed by atoms with E-state index in [0.29, 0.717) is 0 Å². The Kier molecular flexibility index (Phi) is 2.19. The average Bonchev–Trinajstić information content (AvgIpc) is 2.45. The molecular formula is C11H13N3O. The number of aromatic nitrogens is 2. The van der Waals surface area contributed by atoms with Crippen LogP contribution in [0.5, 0.6) is 0 Å². The second-order valence-corrected chi connectivity index (χ2v) is 3.58. The molecule has 4 heteroatoms. The van der Waals surface area contributed by atoms with Crippen molar-refractivity contribution >= 4 is 17.2 Å². The van der Waals surface area contributed by atoms with Crippen LogP contribution in [0.1, 0.15) is 18.3 Å². The van der Waals surface area contributed by atoms with Gasteiger partial charge in [-0.15, -0.1) is 0 Å². The highest BCUT2D eigenvalue weighted by Gasteiger charge is 2.08. The van der Waals surface area contributed by atoms with Crippen LogP contribution in [0.2, 0.25) is 0 Å². The maximum Gasteiger partial charge on any atom is 0.221 e. The second-order valence-electron chi connectivity index (χ2n) is 3.58. The molecule has 0 bridgehead atoms. The molecule has 78 valence electrons. The summed E-state index contributed by atoms with van der Waals surface area (Å²) in [6.07, 6.45) is 1.94. The topological polar surface area (TPSA) is 46.4 Å². The third kappa shape index (κ3) is 1.58. The van der Waals surface area contributed by atoms with Gasteiger partial charge in [-0.25, -0.2) is 4.98 Å². The molecule has 1 N–H and O–H groups in total. The first-order chi connectivity index (χ1) is 7.09. The van der Waals surface area contributed by atoms with Crippen LogP contribution in [-0.2, 0) is 4.79 Å². The van der Waals surface area contributed by atoms with E-state index in [9.17, 15) is 4.79 Å². The third-order valence-electron chi connectivity index (χ3n) is 2.44. The molecule has 0 saturated carbocycles. The summed E-state index contributed by atoms with van der Waals surface area (Å²) in [5.74, 6) is -0.0820. The molecule has 0 atom stereocenters. The fourth-order valence-electron chi connectivity index (χ4n) is 1.59. The van der Waals surface area contributed by atoms with E-state index >= 15 is 0 Å². The predicted octanol–water partition coefficient (Wildman–Crippen LogP) is 1.91. The number of rotatable bonds is 1. The Labute approximate surface area is 87.9 Å². The molecule has 0 saturated heterocycles. The van der Waals surface area contributed by atoms with E-state index in [-0.39, 0.29) is 5.91 Å². The monoisotopic (exact) mass is 203 g/mol. The molecule has 2 rings (SSSR count). The van der Waals surface area contributed by atoms with Crippen molar-refractivity contribution in [3.8, 4) is 0 Å². The number of carbonyl (C=O) groups is 1. The zero-order valence-electron chi connectivity index (χ0n) is 9.03. The highest BCUT2D eigenvalue weighted by atomic mass is 16.1. The fraction of sp³-hybridized carbons (Fsp3) is 0.273. The van der Waals surface area contributed by atoms with Crippen molar-refractivity contribution in [2.24, 2.45) is 0 Å². The van der Waals surface area contributed by atoms with Crippen molar-refractivity contribution in [2.75, 3.05) is 5.32 Å². The van der Waals surface area contributed by atoms with Gasteiger partial charge in [0.05, 0.1) is 11.4 Å². The highest BCUT2D eigenvalue weighted by Crippen LogP contribution is 2.18. The van der Waals surface area contributed by atoms with E-state index in [1.54, 1.807) is 0 Å². The number of amides is 1. The Morgan fingerprint density at radius 2 is 2.20 bits per heavy atom. The summed E-state index contributed by atoms with van der Waals surface area (Å²) in [6.45, 7) is 5.46. The number of hydrogen-bond donors (Lipinski definition) is 1. The summed E-state index contributed by atoms with van der Waals surface area (Å²) >= 11 is 0. The van der Waals surface area contributed by atoms with Gasteiger partial charge in [-0.2, -0.15) is 0 Å². The number of aryl methyl sites for hydroxylation is 2. The molecule has 0 unspecified atom stereocenters. The summed E-state index contributed by atoms with van der Waals surface area (Å²) in [6, 6.07) is 3.75. The number of pyridine rings is 1. The Balaban J connectivity index is 2.65. The van der Waals surface area contributed by atoms with Crippen molar-refractivity contribution in [1.82, 2.24) is 9.38 Å². The SMILES string of the molecule is CC(=O)Nc1cccn2c(C)c(C)nc12. The van der Waals surface area contributed by atoms with Crippen LogP contribution < -0.4 is 5.32 Å². The van der Waals surface area contributed by atoms with E-state index in [1.807, 2.05) is 36.6 Å². The number of fused-ring (bicyclic) bond motifs is 1. The van der Waals surface area contributed by atoms with Gasteiger partial charge in [0.1, 0.15) is 0 Å². The van der Waals surface area contributed by atoms with Crippen molar-refractivity contribution in [2.45, 2.75) is 20.8 Å². The standard InChI is InChI=1S/C11H13N3O/c1-7-8(2)14-6-4-5-10(11(14)12-7)13-9(3)15/h4-6H,1-3H3,(H,13,15). The average molecular weight is 203 g/mol. The summed E-state index contributed by atoms with van der Waals surface area (Å²) in [7, 11) is 0.